The Bertz CT molecular complexity index is 1260. The Morgan fingerprint density at radius 3 is 2.47 bits per heavy atom. The Kier molecular flexibility index (Phi) is 6.53. The molecule has 0 bridgehead atoms. The number of aromatic nitrogens is 2. The topological polar surface area (TPSA) is 73.8 Å². The van der Waals surface area contributed by atoms with Crippen LogP contribution in [-0.4, -0.2) is 68.2 Å². The molecule has 1 unspecified atom stereocenters. The van der Waals surface area contributed by atoms with Gasteiger partial charge in [0.05, 0.1) is 19.0 Å². The highest BCUT2D eigenvalue weighted by molar-refractivity contribution is 6.04. The molecule has 1 fully saturated rings. The number of carbonyl (C=O) groups excluding carboxylic acids is 1. The summed E-state index contributed by atoms with van der Waals surface area (Å²) in [5.41, 5.74) is 6.12. The largest absolute Gasteiger partial charge is 0.496 e. The number of fused-ring (bicyclic) bond motifs is 1. The zero-order valence-corrected chi connectivity index (χ0v) is 21.7. The van der Waals surface area contributed by atoms with Gasteiger partial charge in [-0.25, -0.2) is 9.97 Å². The summed E-state index contributed by atoms with van der Waals surface area (Å²) in [7, 11) is 5.64. The van der Waals surface area contributed by atoms with Crippen molar-refractivity contribution in [2.75, 3.05) is 62.5 Å². The molecule has 188 valence electrons. The number of ether oxygens (including phenoxy) is 1. The smallest absolute Gasteiger partial charge is 0.255 e. The Labute approximate surface area is 212 Å². The molecular formula is C28H34N6O2. The van der Waals surface area contributed by atoms with E-state index in [1.807, 2.05) is 32.0 Å². The molecule has 1 N–H and O–H groups in total. The summed E-state index contributed by atoms with van der Waals surface area (Å²) in [5.74, 6) is 2.04. The minimum atomic E-state index is -0.458. The fraction of sp³-hybridized carbons (Fsp3) is 0.393. The van der Waals surface area contributed by atoms with E-state index in [0.29, 0.717) is 18.1 Å². The molecule has 0 aliphatic carbocycles. The fourth-order valence-corrected chi connectivity index (χ4v) is 5.16. The maximum Gasteiger partial charge on any atom is 0.255 e. The molecule has 2 aliphatic heterocycles. The van der Waals surface area contributed by atoms with Gasteiger partial charge in [0.25, 0.3) is 5.91 Å². The number of amides is 1. The molecule has 0 radical (unpaired) electrons. The van der Waals surface area contributed by atoms with Crippen molar-refractivity contribution in [3.63, 3.8) is 0 Å². The number of nitrogens with one attached hydrogen (secondary N) is 1. The first kappa shape index (κ1) is 24.1. The van der Waals surface area contributed by atoms with Gasteiger partial charge in [-0.05, 0) is 43.7 Å². The van der Waals surface area contributed by atoms with Crippen LogP contribution in [0.25, 0.3) is 0 Å². The van der Waals surface area contributed by atoms with Crippen LogP contribution in [0.3, 0.4) is 0 Å². The third-order valence-corrected chi connectivity index (χ3v) is 7.33. The summed E-state index contributed by atoms with van der Waals surface area (Å²) >= 11 is 0. The number of anilines is 3. The van der Waals surface area contributed by atoms with Crippen LogP contribution in [-0.2, 0) is 11.2 Å². The van der Waals surface area contributed by atoms with Gasteiger partial charge >= 0.3 is 0 Å². The number of methoxy groups -OCH3 is 1. The van der Waals surface area contributed by atoms with Crippen molar-refractivity contribution in [3.8, 4) is 5.75 Å². The molecule has 3 aromatic rings. The first-order chi connectivity index (χ1) is 17.4. The lowest BCUT2D eigenvalue weighted by Crippen LogP contribution is -2.44. The monoisotopic (exact) mass is 486 g/mol. The highest BCUT2D eigenvalue weighted by Crippen LogP contribution is 2.36. The van der Waals surface area contributed by atoms with E-state index in [2.05, 4.69) is 45.3 Å². The first-order valence-electron chi connectivity index (χ1n) is 12.4. The van der Waals surface area contributed by atoms with Crippen LogP contribution in [0.4, 0.5) is 17.2 Å². The summed E-state index contributed by atoms with van der Waals surface area (Å²) in [6.07, 6.45) is 2.30. The molecule has 8 nitrogen and oxygen atoms in total. The van der Waals surface area contributed by atoms with Gasteiger partial charge in [0.15, 0.2) is 5.82 Å². The van der Waals surface area contributed by atoms with Crippen LogP contribution in [0.2, 0.25) is 0 Å². The van der Waals surface area contributed by atoms with Gasteiger partial charge < -0.3 is 19.9 Å². The third-order valence-electron chi connectivity index (χ3n) is 7.33. The summed E-state index contributed by atoms with van der Waals surface area (Å²) in [5, 5.41) is 3.39. The maximum atomic E-state index is 13.3. The molecule has 1 atom stereocenters. The average molecular weight is 487 g/mol. The summed E-state index contributed by atoms with van der Waals surface area (Å²) in [4.78, 5) is 29.1. The summed E-state index contributed by atoms with van der Waals surface area (Å²) in [6.45, 7) is 8.19. The number of nitrogens with zero attached hydrogens (tertiary/aromatic N) is 5. The van der Waals surface area contributed by atoms with Gasteiger partial charge in [-0.2, -0.15) is 0 Å². The van der Waals surface area contributed by atoms with E-state index >= 15 is 0 Å². The highest BCUT2D eigenvalue weighted by atomic mass is 16.5. The molecule has 5 rings (SSSR count). The number of hydrogen-bond donors (Lipinski definition) is 1. The average Bonchev–Trinajstić information content (AvgIpc) is 2.88. The van der Waals surface area contributed by atoms with Crippen LogP contribution >= 0.6 is 0 Å². The van der Waals surface area contributed by atoms with Gasteiger partial charge in [0.2, 0.25) is 0 Å². The Hall–Kier alpha value is -3.65. The fourth-order valence-electron chi connectivity index (χ4n) is 5.16. The van der Waals surface area contributed by atoms with Crippen LogP contribution in [0.1, 0.15) is 34.1 Å². The summed E-state index contributed by atoms with van der Waals surface area (Å²) in [6, 6.07) is 12.0. The standard InChI is InChI=1S/C28H34N6O2/c1-18-7-6-8-19(2)25(18)26-28(35)33(4)27-22(30-26)17-29-24(31-27)15-20-9-10-21(16-23(20)36-5)34-13-11-32(3)12-14-34/h6-10,16-17,26,30H,11-15H2,1-5H3. The van der Waals surface area contributed by atoms with Crippen molar-refractivity contribution >= 4 is 23.1 Å². The Balaban J connectivity index is 1.38. The molecule has 1 saturated heterocycles. The highest BCUT2D eigenvalue weighted by Gasteiger charge is 2.34. The Morgan fingerprint density at radius 2 is 1.78 bits per heavy atom. The van der Waals surface area contributed by atoms with Crippen molar-refractivity contribution in [2.24, 2.45) is 0 Å². The second-order valence-electron chi connectivity index (χ2n) is 9.77. The summed E-state index contributed by atoms with van der Waals surface area (Å²) < 4.78 is 5.74. The lowest BCUT2D eigenvalue weighted by atomic mass is 9.94. The van der Waals surface area contributed by atoms with Crippen molar-refractivity contribution in [3.05, 3.63) is 70.7 Å². The van der Waals surface area contributed by atoms with Crippen LogP contribution in [0, 0.1) is 13.8 Å². The SMILES string of the molecule is COc1cc(N2CCN(C)CC2)ccc1Cc1ncc2c(n1)N(C)C(=O)C(c1c(C)cccc1C)N2. The number of benzene rings is 2. The van der Waals surface area contributed by atoms with Crippen molar-refractivity contribution in [1.82, 2.24) is 14.9 Å². The maximum absolute atomic E-state index is 13.3. The minimum absolute atomic E-state index is 0.0290. The second kappa shape index (κ2) is 9.78. The number of rotatable bonds is 5. The van der Waals surface area contributed by atoms with Gasteiger partial charge in [-0.1, -0.05) is 24.3 Å². The number of hydrogen-bond acceptors (Lipinski definition) is 7. The van der Waals surface area contributed by atoms with Crippen molar-refractivity contribution in [2.45, 2.75) is 26.3 Å². The predicted octanol–water partition coefficient (Wildman–Crippen LogP) is 3.57. The third kappa shape index (κ3) is 4.48. The van der Waals surface area contributed by atoms with E-state index in [4.69, 9.17) is 9.72 Å². The normalized spacial score (nSPS) is 18.1. The molecule has 2 aromatic carbocycles. The second-order valence-corrected chi connectivity index (χ2v) is 9.77. The minimum Gasteiger partial charge on any atom is -0.496 e. The van der Waals surface area contributed by atoms with E-state index in [-0.39, 0.29) is 5.91 Å². The number of aryl methyl sites for hydroxylation is 2. The predicted molar refractivity (Wildman–Crippen MR) is 143 cm³/mol. The van der Waals surface area contributed by atoms with E-state index in [1.54, 1.807) is 25.3 Å². The van der Waals surface area contributed by atoms with Crippen LogP contribution < -0.4 is 19.9 Å². The van der Waals surface area contributed by atoms with Crippen molar-refractivity contribution in [1.29, 1.82) is 0 Å². The van der Waals surface area contributed by atoms with Crippen molar-refractivity contribution < 1.29 is 9.53 Å². The molecule has 2 aliphatic rings. The van der Waals surface area contributed by atoms with Gasteiger partial charge in [0.1, 0.15) is 17.6 Å². The van der Waals surface area contributed by atoms with Crippen LogP contribution in [0.5, 0.6) is 5.75 Å². The first-order valence-corrected chi connectivity index (χ1v) is 12.4. The number of carbonyl (C=O) groups is 1. The lowest BCUT2D eigenvalue weighted by molar-refractivity contribution is -0.119. The number of piperazine rings is 1. The molecule has 8 heteroatoms. The molecule has 36 heavy (non-hydrogen) atoms. The molecule has 1 amide bonds. The zero-order chi connectivity index (χ0) is 25.4. The molecule has 3 heterocycles. The van der Waals surface area contributed by atoms with Gasteiger partial charge in [0, 0.05) is 57.0 Å². The molecule has 1 aromatic heterocycles. The van der Waals surface area contributed by atoms with E-state index in [9.17, 15) is 4.79 Å². The molecule has 0 spiro atoms. The van der Waals surface area contributed by atoms with E-state index in [0.717, 1.165) is 59.9 Å². The van der Waals surface area contributed by atoms with E-state index < -0.39 is 6.04 Å². The lowest BCUT2D eigenvalue weighted by Gasteiger charge is -2.34. The zero-order valence-electron chi connectivity index (χ0n) is 21.7. The number of likely N-dealkylation sites (N-methyl/N-ethyl adjacent to an activating group) is 2. The van der Waals surface area contributed by atoms with Gasteiger partial charge in [-0.3, -0.25) is 9.69 Å². The molecular weight excluding hydrogens is 452 g/mol. The van der Waals surface area contributed by atoms with Crippen LogP contribution in [0.15, 0.2) is 42.6 Å². The van der Waals surface area contributed by atoms with E-state index in [1.165, 1.54) is 5.69 Å². The van der Waals surface area contributed by atoms with Gasteiger partial charge in [-0.15, -0.1) is 0 Å². The molecule has 0 saturated carbocycles. The quantitative estimate of drug-likeness (QED) is 0.591. The Morgan fingerprint density at radius 1 is 1.06 bits per heavy atom.